The molecule has 1 heterocycles. The van der Waals surface area contributed by atoms with Gasteiger partial charge in [0.1, 0.15) is 5.02 Å². The molecule has 0 saturated carbocycles. The van der Waals surface area contributed by atoms with E-state index in [0.29, 0.717) is 0 Å². The van der Waals surface area contributed by atoms with E-state index in [4.69, 9.17) is 11.6 Å². The van der Waals surface area contributed by atoms with Crippen LogP contribution >= 0.6 is 11.6 Å². The number of rotatable bonds is 2. The number of carbonyl (C=O) groups excluding carboxylic acids is 1. The molecule has 0 aliphatic heterocycles. The monoisotopic (exact) mass is 331 g/mol. The van der Waals surface area contributed by atoms with Crippen LogP contribution in [0.1, 0.15) is 16.1 Å². The van der Waals surface area contributed by atoms with Crippen molar-refractivity contribution in [2.24, 2.45) is 0 Å². The summed E-state index contributed by atoms with van der Waals surface area (Å²) in [6.45, 7) is 0. The fraction of sp³-hybridized carbons (Fsp3) is 0.143. The van der Waals surface area contributed by atoms with Gasteiger partial charge < -0.3 is 9.94 Å². The molecule has 0 fully saturated rings. The molecule has 1 aromatic heterocycles. The van der Waals surface area contributed by atoms with Crippen molar-refractivity contribution in [1.29, 1.82) is 0 Å². The second-order valence-corrected chi connectivity index (χ2v) is 4.73. The topological polar surface area (TPSA) is 53.2 Å². The molecule has 22 heavy (non-hydrogen) atoms. The highest BCUT2D eigenvalue weighted by molar-refractivity contribution is 6.33. The Labute approximate surface area is 128 Å². The molecule has 2 rings (SSSR count). The molecule has 0 radical (unpaired) electrons. The van der Waals surface area contributed by atoms with Crippen molar-refractivity contribution in [2.75, 3.05) is 7.11 Å². The van der Waals surface area contributed by atoms with Gasteiger partial charge in [0.15, 0.2) is 6.20 Å². The van der Waals surface area contributed by atoms with E-state index < -0.39 is 23.4 Å². The molecule has 1 aromatic carbocycles. The molecule has 0 unspecified atom stereocenters. The first-order valence-electron chi connectivity index (χ1n) is 5.92. The van der Waals surface area contributed by atoms with Crippen LogP contribution in [0.25, 0.3) is 11.1 Å². The van der Waals surface area contributed by atoms with Gasteiger partial charge in [-0.25, -0.2) is 4.79 Å². The molecule has 116 valence electrons. The van der Waals surface area contributed by atoms with E-state index in [1.807, 2.05) is 0 Å². The highest BCUT2D eigenvalue weighted by atomic mass is 35.5. The largest absolute Gasteiger partial charge is 0.618 e. The molecule has 0 aliphatic rings. The summed E-state index contributed by atoms with van der Waals surface area (Å²) < 4.78 is 42.7. The van der Waals surface area contributed by atoms with Gasteiger partial charge in [0.05, 0.1) is 12.7 Å². The second kappa shape index (κ2) is 5.84. The van der Waals surface area contributed by atoms with E-state index in [9.17, 15) is 23.2 Å². The Morgan fingerprint density at radius 2 is 1.95 bits per heavy atom. The number of esters is 1. The van der Waals surface area contributed by atoms with E-state index in [1.54, 1.807) is 0 Å². The molecule has 0 N–H and O–H groups in total. The average molecular weight is 332 g/mol. The van der Waals surface area contributed by atoms with Crippen molar-refractivity contribution in [2.45, 2.75) is 6.18 Å². The lowest BCUT2D eigenvalue weighted by atomic mass is 10.0. The highest BCUT2D eigenvalue weighted by Gasteiger charge is 2.31. The van der Waals surface area contributed by atoms with Crippen molar-refractivity contribution in [3.05, 3.63) is 58.0 Å². The molecule has 8 heteroatoms. The van der Waals surface area contributed by atoms with E-state index >= 15 is 0 Å². The molecular weight excluding hydrogens is 323 g/mol. The molecular formula is C14H9ClF3NO3. The van der Waals surface area contributed by atoms with Gasteiger partial charge in [0, 0.05) is 5.56 Å². The van der Waals surface area contributed by atoms with Crippen LogP contribution in [-0.2, 0) is 10.9 Å². The molecule has 0 spiro atoms. The van der Waals surface area contributed by atoms with Crippen LogP contribution < -0.4 is 4.73 Å². The van der Waals surface area contributed by atoms with Crippen molar-refractivity contribution in [3.63, 3.8) is 0 Å². The third-order valence-electron chi connectivity index (χ3n) is 2.89. The first-order chi connectivity index (χ1) is 10.2. The Kier molecular flexibility index (Phi) is 4.27. The number of benzene rings is 1. The van der Waals surface area contributed by atoms with Crippen molar-refractivity contribution >= 4 is 17.6 Å². The van der Waals surface area contributed by atoms with Gasteiger partial charge in [-0.05, 0) is 23.8 Å². The predicted molar refractivity (Wildman–Crippen MR) is 72.2 cm³/mol. The number of hydrogen-bond donors (Lipinski definition) is 0. The number of alkyl halides is 3. The lowest BCUT2D eigenvalue weighted by Crippen LogP contribution is -2.35. The Balaban J connectivity index is 2.53. The summed E-state index contributed by atoms with van der Waals surface area (Å²) in [7, 11) is 1.08. The smallest absolute Gasteiger partial charge is 0.416 e. The number of aromatic nitrogens is 1. The third-order valence-corrected chi connectivity index (χ3v) is 3.18. The summed E-state index contributed by atoms with van der Waals surface area (Å²) in [5.41, 5.74) is -0.980. The second-order valence-electron chi connectivity index (χ2n) is 4.32. The molecule has 0 atom stereocenters. The first kappa shape index (κ1) is 16.1. The zero-order valence-electron chi connectivity index (χ0n) is 11.1. The molecule has 0 saturated heterocycles. The van der Waals surface area contributed by atoms with Crippen LogP contribution in [0.2, 0.25) is 5.02 Å². The lowest BCUT2D eigenvalue weighted by molar-refractivity contribution is -0.607. The van der Waals surface area contributed by atoms with Crippen molar-refractivity contribution < 1.29 is 27.4 Å². The summed E-state index contributed by atoms with van der Waals surface area (Å²) in [5.74, 6) is -0.935. The minimum Gasteiger partial charge on any atom is -0.618 e. The van der Waals surface area contributed by atoms with Gasteiger partial charge in [0.25, 0.3) is 0 Å². The molecule has 2 aromatic rings. The van der Waals surface area contributed by atoms with Crippen LogP contribution in [0.5, 0.6) is 0 Å². The van der Waals surface area contributed by atoms with Crippen molar-refractivity contribution in [3.8, 4) is 11.1 Å². The summed E-state index contributed by atoms with van der Waals surface area (Å²) in [6.07, 6.45) is -3.53. The number of hydrogen-bond acceptors (Lipinski definition) is 3. The highest BCUT2D eigenvalue weighted by Crippen LogP contribution is 2.32. The minimum atomic E-state index is -4.50. The summed E-state index contributed by atoms with van der Waals surface area (Å²) >= 11 is 5.84. The van der Waals surface area contributed by atoms with Gasteiger partial charge in [-0.3, -0.25) is 0 Å². The van der Waals surface area contributed by atoms with Gasteiger partial charge >= 0.3 is 17.8 Å². The Hall–Kier alpha value is -2.28. The number of methoxy groups -OCH3 is 1. The Bertz CT molecular complexity index is 709. The zero-order valence-corrected chi connectivity index (χ0v) is 11.9. The van der Waals surface area contributed by atoms with Crippen LogP contribution in [0.4, 0.5) is 13.2 Å². The normalized spacial score (nSPS) is 11.3. The SMILES string of the molecule is COC(=O)c1c(Cl)cc(-c2cccc(C(F)(F)F)c2)c[n+]1[O-]. The quantitative estimate of drug-likeness (QED) is 0.481. The van der Waals surface area contributed by atoms with Crippen LogP contribution in [0.3, 0.4) is 0 Å². The summed E-state index contributed by atoms with van der Waals surface area (Å²) in [5, 5.41) is 11.6. The van der Waals surface area contributed by atoms with Gasteiger partial charge in [0.2, 0.25) is 0 Å². The van der Waals surface area contributed by atoms with E-state index in [2.05, 4.69) is 4.74 Å². The first-order valence-corrected chi connectivity index (χ1v) is 6.30. The maximum Gasteiger partial charge on any atom is 0.416 e. The average Bonchev–Trinajstić information content (AvgIpc) is 2.45. The predicted octanol–water partition coefficient (Wildman–Crippen LogP) is 3.45. The number of halogens is 4. The standard InChI is InChI=1S/C14H9ClF3NO3/c1-22-13(20)12-11(15)6-9(7-19(12)21)8-3-2-4-10(5-8)14(16,17)18/h2-7H,1H3. The number of ether oxygens (including phenoxy) is 1. The van der Waals surface area contributed by atoms with Gasteiger partial charge in [-0.15, -0.1) is 0 Å². The van der Waals surface area contributed by atoms with E-state index in [-0.39, 0.29) is 20.9 Å². The number of pyridine rings is 1. The zero-order chi connectivity index (χ0) is 16.5. The third kappa shape index (κ3) is 3.14. The maximum absolute atomic E-state index is 12.7. The Morgan fingerprint density at radius 3 is 2.50 bits per heavy atom. The van der Waals surface area contributed by atoms with Crippen LogP contribution in [-0.4, -0.2) is 13.1 Å². The van der Waals surface area contributed by atoms with Crippen LogP contribution in [0.15, 0.2) is 36.5 Å². The minimum absolute atomic E-state index is 0.151. The number of nitrogens with zero attached hydrogens (tertiary/aromatic N) is 1. The summed E-state index contributed by atoms with van der Waals surface area (Å²) in [4.78, 5) is 11.4. The number of carbonyl (C=O) groups is 1. The van der Waals surface area contributed by atoms with E-state index in [0.717, 1.165) is 25.4 Å². The van der Waals surface area contributed by atoms with Gasteiger partial charge in [-0.1, -0.05) is 23.7 Å². The molecule has 0 aliphatic carbocycles. The summed E-state index contributed by atoms with van der Waals surface area (Å²) in [6, 6.07) is 5.66. The Morgan fingerprint density at radius 1 is 1.27 bits per heavy atom. The molecule has 4 nitrogen and oxygen atoms in total. The van der Waals surface area contributed by atoms with E-state index in [1.165, 1.54) is 18.2 Å². The lowest BCUT2D eigenvalue weighted by Gasteiger charge is -2.10. The fourth-order valence-electron chi connectivity index (χ4n) is 1.86. The fourth-order valence-corrected chi connectivity index (χ4v) is 2.13. The molecule has 0 bridgehead atoms. The van der Waals surface area contributed by atoms with Crippen LogP contribution in [0, 0.1) is 5.21 Å². The molecule has 0 amide bonds. The maximum atomic E-state index is 12.7. The van der Waals surface area contributed by atoms with Crippen molar-refractivity contribution in [1.82, 2.24) is 0 Å². The van der Waals surface area contributed by atoms with Gasteiger partial charge in [-0.2, -0.15) is 17.9 Å².